The third-order valence-corrected chi connectivity index (χ3v) is 3.90. The highest BCUT2D eigenvalue weighted by atomic mass is 32.2. The lowest BCUT2D eigenvalue weighted by Crippen LogP contribution is -2.33. The van der Waals surface area contributed by atoms with Gasteiger partial charge in [-0.2, -0.15) is 0 Å². The number of rotatable bonds is 3. The lowest BCUT2D eigenvalue weighted by molar-refractivity contribution is -0.133. The molecule has 1 aliphatic rings. The van der Waals surface area contributed by atoms with Crippen molar-refractivity contribution in [3.05, 3.63) is 24.5 Å². The Morgan fingerprint density at radius 2 is 1.90 bits per heavy atom. The van der Waals surface area contributed by atoms with E-state index in [1.807, 2.05) is 0 Å². The lowest BCUT2D eigenvalue weighted by Gasteiger charge is -2.13. The van der Waals surface area contributed by atoms with Crippen molar-refractivity contribution in [1.29, 1.82) is 0 Å². The smallest absolute Gasteiger partial charge is 0.235 e. The van der Waals surface area contributed by atoms with E-state index < -0.39 is 0 Å². The Hall–Kier alpha value is -1.80. The van der Waals surface area contributed by atoms with E-state index in [1.165, 1.54) is 0 Å². The maximum atomic E-state index is 11.7. The molecule has 8 heteroatoms. The molecule has 1 aliphatic heterocycles. The highest BCUT2D eigenvalue weighted by molar-refractivity contribution is 8.23. The molecule has 3 amide bonds. The number of imide groups is 1. The molecule has 1 saturated heterocycles. The molecule has 0 radical (unpaired) electrons. The van der Waals surface area contributed by atoms with E-state index in [0.29, 0.717) is 5.69 Å². The van der Waals surface area contributed by atoms with E-state index in [2.05, 4.69) is 10.3 Å². The molecule has 0 bridgehead atoms. The summed E-state index contributed by atoms with van der Waals surface area (Å²) in [4.78, 5) is 39.4. The predicted molar refractivity (Wildman–Crippen MR) is 79.0 cm³/mol. The summed E-state index contributed by atoms with van der Waals surface area (Å²) in [5.41, 5.74) is 0.629. The van der Waals surface area contributed by atoms with Crippen LogP contribution in [0.15, 0.2) is 24.5 Å². The average molecular weight is 309 g/mol. The molecule has 1 aromatic heterocycles. The Kier molecular flexibility index (Phi) is 4.80. The van der Waals surface area contributed by atoms with Crippen LogP contribution in [0.3, 0.4) is 0 Å². The van der Waals surface area contributed by atoms with Gasteiger partial charge in [0.1, 0.15) is 4.32 Å². The van der Waals surface area contributed by atoms with Crippen LogP contribution in [-0.2, 0) is 14.4 Å². The van der Waals surface area contributed by atoms with Crippen LogP contribution in [-0.4, -0.2) is 37.7 Å². The molecule has 2 rings (SSSR count). The number of aromatic nitrogens is 1. The molecule has 1 aromatic rings. The fourth-order valence-corrected chi connectivity index (χ4v) is 2.64. The number of anilines is 1. The second kappa shape index (κ2) is 6.58. The highest BCUT2D eigenvalue weighted by Crippen LogP contribution is 2.19. The topological polar surface area (TPSA) is 79.4 Å². The molecule has 0 aromatic carbocycles. The van der Waals surface area contributed by atoms with Crippen molar-refractivity contribution in [3.63, 3.8) is 0 Å². The number of amides is 3. The Labute approximate surface area is 124 Å². The minimum absolute atomic E-state index is 0.0399. The van der Waals surface area contributed by atoms with Gasteiger partial charge in [-0.25, -0.2) is 4.90 Å². The van der Waals surface area contributed by atoms with Crippen molar-refractivity contribution < 1.29 is 14.4 Å². The SMILES string of the molecule is O=C(CSC(=S)N1C(=O)CCC1=O)Nc1ccncc1. The van der Waals surface area contributed by atoms with Crippen molar-refractivity contribution in [2.24, 2.45) is 0 Å². The van der Waals surface area contributed by atoms with Crippen molar-refractivity contribution in [1.82, 2.24) is 9.88 Å². The first kappa shape index (κ1) is 14.6. The minimum atomic E-state index is -0.304. The lowest BCUT2D eigenvalue weighted by atomic mass is 10.4. The van der Waals surface area contributed by atoms with E-state index in [0.717, 1.165) is 16.7 Å². The Morgan fingerprint density at radius 1 is 1.30 bits per heavy atom. The van der Waals surface area contributed by atoms with Gasteiger partial charge in [-0.3, -0.25) is 19.4 Å². The van der Waals surface area contributed by atoms with Crippen LogP contribution in [0, 0.1) is 0 Å². The van der Waals surface area contributed by atoms with E-state index >= 15 is 0 Å². The molecule has 104 valence electrons. The van der Waals surface area contributed by atoms with Crippen LogP contribution in [0.1, 0.15) is 12.8 Å². The van der Waals surface area contributed by atoms with Gasteiger partial charge in [0, 0.05) is 30.9 Å². The molecule has 0 unspecified atom stereocenters. The molecule has 1 N–H and O–H groups in total. The summed E-state index contributed by atoms with van der Waals surface area (Å²) in [6.45, 7) is 0. The van der Waals surface area contributed by atoms with Gasteiger partial charge in [-0.1, -0.05) is 24.0 Å². The monoisotopic (exact) mass is 309 g/mol. The summed E-state index contributed by atoms with van der Waals surface area (Å²) in [7, 11) is 0. The Balaban J connectivity index is 1.83. The molecule has 20 heavy (non-hydrogen) atoms. The van der Waals surface area contributed by atoms with Crippen LogP contribution in [0.2, 0.25) is 0 Å². The molecule has 6 nitrogen and oxygen atoms in total. The highest BCUT2D eigenvalue weighted by Gasteiger charge is 2.32. The van der Waals surface area contributed by atoms with Gasteiger partial charge < -0.3 is 5.32 Å². The number of pyridine rings is 1. The standard InChI is InChI=1S/C12H11N3O3S2/c16-9(14-8-3-5-13-6-4-8)7-20-12(19)15-10(17)1-2-11(15)18/h3-6H,1-2,7H2,(H,13,14,16). The minimum Gasteiger partial charge on any atom is -0.325 e. The Morgan fingerprint density at radius 3 is 2.50 bits per heavy atom. The first-order chi connectivity index (χ1) is 9.58. The number of nitrogens with zero attached hydrogens (tertiary/aromatic N) is 2. The number of hydrogen-bond donors (Lipinski definition) is 1. The summed E-state index contributed by atoms with van der Waals surface area (Å²) in [6, 6.07) is 3.32. The maximum Gasteiger partial charge on any atom is 0.235 e. The van der Waals surface area contributed by atoms with Crippen molar-refractivity contribution in [3.8, 4) is 0 Å². The van der Waals surface area contributed by atoms with Gasteiger partial charge >= 0.3 is 0 Å². The van der Waals surface area contributed by atoms with Gasteiger partial charge in [0.25, 0.3) is 0 Å². The van der Waals surface area contributed by atoms with Crippen LogP contribution < -0.4 is 5.32 Å². The zero-order valence-electron chi connectivity index (χ0n) is 10.4. The van der Waals surface area contributed by atoms with Crippen LogP contribution in [0.5, 0.6) is 0 Å². The number of carbonyl (C=O) groups excluding carboxylic acids is 3. The second-order valence-electron chi connectivity index (χ2n) is 3.96. The van der Waals surface area contributed by atoms with E-state index in [-0.39, 0.29) is 40.6 Å². The number of hydrogen-bond acceptors (Lipinski definition) is 6. The van der Waals surface area contributed by atoms with Gasteiger partial charge in [0.05, 0.1) is 5.75 Å². The number of nitrogens with one attached hydrogen (secondary N) is 1. The normalized spacial score (nSPS) is 14.5. The fourth-order valence-electron chi connectivity index (χ4n) is 1.60. The zero-order chi connectivity index (χ0) is 14.5. The maximum absolute atomic E-state index is 11.7. The number of thioether (sulfide) groups is 1. The third kappa shape index (κ3) is 3.61. The van der Waals surface area contributed by atoms with Gasteiger partial charge in [-0.05, 0) is 12.1 Å². The molecular formula is C12H11N3O3S2. The average Bonchev–Trinajstić information content (AvgIpc) is 2.77. The molecule has 0 aliphatic carbocycles. The first-order valence-corrected chi connectivity index (χ1v) is 7.20. The van der Waals surface area contributed by atoms with Gasteiger partial charge in [0.2, 0.25) is 17.7 Å². The largest absolute Gasteiger partial charge is 0.325 e. The zero-order valence-corrected chi connectivity index (χ0v) is 12.0. The Bertz CT molecular complexity index is 546. The van der Waals surface area contributed by atoms with Crippen LogP contribution in [0.4, 0.5) is 5.69 Å². The van der Waals surface area contributed by atoms with Crippen molar-refractivity contribution in [2.45, 2.75) is 12.8 Å². The quantitative estimate of drug-likeness (QED) is 0.667. The summed E-state index contributed by atoms with van der Waals surface area (Å²) in [5, 5.41) is 2.66. The van der Waals surface area contributed by atoms with Crippen molar-refractivity contribution >= 4 is 51.7 Å². The van der Waals surface area contributed by atoms with Gasteiger partial charge in [-0.15, -0.1) is 0 Å². The van der Waals surface area contributed by atoms with E-state index in [4.69, 9.17) is 12.2 Å². The van der Waals surface area contributed by atoms with Crippen LogP contribution in [0.25, 0.3) is 0 Å². The molecule has 0 spiro atoms. The molecule has 2 heterocycles. The predicted octanol–water partition coefficient (Wildman–Crippen LogP) is 1.19. The number of carbonyl (C=O) groups is 3. The molecular weight excluding hydrogens is 298 g/mol. The number of thiocarbonyl (C=S) groups is 1. The van der Waals surface area contributed by atoms with E-state index in [9.17, 15) is 14.4 Å². The summed E-state index contributed by atoms with van der Waals surface area (Å²) < 4.78 is 0.127. The second-order valence-corrected chi connectivity index (χ2v) is 5.57. The van der Waals surface area contributed by atoms with Gasteiger partial charge in [0.15, 0.2) is 0 Å². The molecule has 0 saturated carbocycles. The first-order valence-electron chi connectivity index (χ1n) is 5.80. The summed E-state index contributed by atoms with van der Waals surface area (Å²) >= 11 is 6.00. The molecule has 0 atom stereocenters. The fraction of sp³-hybridized carbons (Fsp3) is 0.250. The molecule has 1 fully saturated rings. The van der Waals surface area contributed by atoms with Crippen LogP contribution >= 0.6 is 24.0 Å². The van der Waals surface area contributed by atoms with E-state index in [1.54, 1.807) is 24.5 Å². The third-order valence-electron chi connectivity index (χ3n) is 2.52. The van der Waals surface area contributed by atoms with Crippen molar-refractivity contribution in [2.75, 3.05) is 11.1 Å². The summed E-state index contributed by atoms with van der Waals surface area (Å²) in [5.74, 6) is -0.829. The summed E-state index contributed by atoms with van der Waals surface area (Å²) in [6.07, 6.45) is 3.50. The number of likely N-dealkylation sites (tertiary alicyclic amines) is 1.